The fourth-order valence-corrected chi connectivity index (χ4v) is 2.78. The molecule has 0 fully saturated rings. The lowest BCUT2D eigenvalue weighted by Gasteiger charge is -2.14. The number of hydrogen-bond acceptors (Lipinski definition) is 3. The number of rotatable bonds is 10. The quantitative estimate of drug-likeness (QED) is 0.397. The van der Waals surface area contributed by atoms with Crippen LogP contribution in [0.1, 0.15) is 32.6 Å². The van der Waals surface area contributed by atoms with Gasteiger partial charge in [0, 0.05) is 10.7 Å². The summed E-state index contributed by atoms with van der Waals surface area (Å²) in [5, 5.41) is 3.16. The lowest BCUT2D eigenvalue weighted by Crippen LogP contribution is -2.00. The topological polar surface area (TPSA) is 27.7 Å². The largest absolute Gasteiger partial charge is 0.494 e. The molecular formula is C19H25BrO3. The number of hydrogen-bond donors (Lipinski definition) is 0. The second kappa shape index (κ2) is 9.66. The lowest BCUT2D eigenvalue weighted by molar-refractivity contribution is 0.290. The molecule has 0 spiro atoms. The van der Waals surface area contributed by atoms with E-state index < -0.39 is 0 Å². The van der Waals surface area contributed by atoms with Crippen molar-refractivity contribution >= 4 is 26.7 Å². The number of ether oxygens (including phenoxy) is 3. The molecule has 0 N–H and O–H groups in total. The van der Waals surface area contributed by atoms with Crippen LogP contribution in [0.4, 0.5) is 0 Å². The van der Waals surface area contributed by atoms with Crippen LogP contribution in [0.15, 0.2) is 30.3 Å². The van der Waals surface area contributed by atoms with E-state index in [1.165, 1.54) is 0 Å². The Bertz CT molecular complexity index is 613. The van der Waals surface area contributed by atoms with Crippen LogP contribution < -0.4 is 14.2 Å². The monoisotopic (exact) mass is 380 g/mol. The molecule has 0 saturated heterocycles. The third-order valence-corrected chi connectivity index (χ3v) is 4.22. The predicted molar refractivity (Wildman–Crippen MR) is 99.4 cm³/mol. The van der Waals surface area contributed by atoms with E-state index in [-0.39, 0.29) is 0 Å². The van der Waals surface area contributed by atoms with Crippen molar-refractivity contribution in [2.24, 2.45) is 0 Å². The van der Waals surface area contributed by atoms with Gasteiger partial charge in [-0.05, 0) is 48.9 Å². The Balaban J connectivity index is 2.16. The van der Waals surface area contributed by atoms with E-state index in [1.807, 2.05) is 18.2 Å². The summed E-state index contributed by atoms with van der Waals surface area (Å²) in [5.41, 5.74) is 0. The van der Waals surface area contributed by atoms with Crippen LogP contribution >= 0.6 is 15.9 Å². The smallest absolute Gasteiger partial charge is 0.168 e. The second-order valence-corrected chi connectivity index (χ2v) is 6.22. The summed E-state index contributed by atoms with van der Waals surface area (Å²) in [7, 11) is 1.69. The van der Waals surface area contributed by atoms with E-state index in [0.717, 1.165) is 65.6 Å². The Hall–Kier alpha value is -1.42. The highest BCUT2D eigenvalue weighted by atomic mass is 79.9. The summed E-state index contributed by atoms with van der Waals surface area (Å²) < 4.78 is 17.2. The van der Waals surface area contributed by atoms with Crippen LogP contribution in [0.3, 0.4) is 0 Å². The molecule has 23 heavy (non-hydrogen) atoms. The van der Waals surface area contributed by atoms with Crippen LogP contribution in [0.2, 0.25) is 0 Å². The molecular weight excluding hydrogens is 356 g/mol. The van der Waals surface area contributed by atoms with Crippen LogP contribution in [0.25, 0.3) is 10.8 Å². The Kier molecular flexibility index (Phi) is 7.53. The zero-order valence-corrected chi connectivity index (χ0v) is 15.5. The number of fused-ring (bicyclic) bond motifs is 1. The van der Waals surface area contributed by atoms with Gasteiger partial charge in [-0.25, -0.2) is 0 Å². The molecule has 0 bridgehead atoms. The maximum absolute atomic E-state index is 5.87. The fraction of sp³-hybridized carbons (Fsp3) is 0.474. The minimum atomic E-state index is 0.700. The highest BCUT2D eigenvalue weighted by Crippen LogP contribution is 2.37. The van der Waals surface area contributed by atoms with Gasteiger partial charge < -0.3 is 14.2 Å². The lowest BCUT2D eigenvalue weighted by atomic mass is 10.1. The van der Waals surface area contributed by atoms with E-state index >= 15 is 0 Å². The van der Waals surface area contributed by atoms with Crippen LogP contribution in [-0.2, 0) is 0 Å². The van der Waals surface area contributed by atoms with E-state index in [4.69, 9.17) is 14.2 Å². The maximum atomic E-state index is 5.87. The minimum Gasteiger partial charge on any atom is -0.494 e. The highest BCUT2D eigenvalue weighted by Gasteiger charge is 2.10. The van der Waals surface area contributed by atoms with Gasteiger partial charge in [0.25, 0.3) is 0 Å². The van der Waals surface area contributed by atoms with Gasteiger partial charge in [-0.15, -0.1) is 0 Å². The Morgan fingerprint density at radius 1 is 0.957 bits per heavy atom. The summed E-state index contributed by atoms with van der Waals surface area (Å²) in [5.74, 6) is 2.50. The minimum absolute atomic E-state index is 0.700. The van der Waals surface area contributed by atoms with Gasteiger partial charge >= 0.3 is 0 Å². The van der Waals surface area contributed by atoms with Gasteiger partial charge in [0.2, 0.25) is 0 Å². The van der Waals surface area contributed by atoms with Crippen molar-refractivity contribution in [3.8, 4) is 17.2 Å². The highest BCUT2D eigenvalue weighted by molar-refractivity contribution is 9.09. The third kappa shape index (κ3) is 5.03. The van der Waals surface area contributed by atoms with Gasteiger partial charge in [-0.2, -0.15) is 0 Å². The number of methoxy groups -OCH3 is 1. The molecule has 3 nitrogen and oxygen atoms in total. The number of halogens is 1. The molecule has 0 aliphatic heterocycles. The standard InChI is InChI=1S/C19H25BrO3/c1-3-4-12-22-16-8-9-17-15(14-16)7-10-18(19(17)21-2)23-13-6-5-11-20/h7-10,14H,3-6,11-13H2,1-2H3. The molecule has 126 valence electrons. The molecule has 0 aliphatic rings. The first-order valence-electron chi connectivity index (χ1n) is 8.22. The summed E-state index contributed by atoms with van der Waals surface area (Å²) in [6, 6.07) is 10.1. The molecule has 4 heteroatoms. The molecule has 0 atom stereocenters. The predicted octanol–water partition coefficient (Wildman–Crippen LogP) is 5.58. The zero-order chi connectivity index (χ0) is 16.5. The van der Waals surface area contributed by atoms with Gasteiger partial charge in [0.05, 0.1) is 20.3 Å². The molecule has 2 aromatic rings. The molecule has 0 amide bonds. The second-order valence-electron chi connectivity index (χ2n) is 5.43. The summed E-state index contributed by atoms with van der Waals surface area (Å²) in [6.45, 7) is 3.62. The van der Waals surface area contributed by atoms with Gasteiger partial charge in [0.1, 0.15) is 5.75 Å². The van der Waals surface area contributed by atoms with E-state index in [1.54, 1.807) is 7.11 Å². The van der Waals surface area contributed by atoms with Gasteiger partial charge in [-0.3, -0.25) is 0 Å². The maximum Gasteiger partial charge on any atom is 0.168 e. The molecule has 0 aromatic heterocycles. The van der Waals surface area contributed by atoms with Crippen LogP contribution in [0.5, 0.6) is 17.2 Å². The first-order chi connectivity index (χ1) is 11.3. The average molecular weight is 381 g/mol. The van der Waals surface area contributed by atoms with Crippen molar-refractivity contribution in [3.05, 3.63) is 30.3 Å². The first kappa shape index (κ1) is 17.9. The SMILES string of the molecule is CCCCOc1ccc2c(OC)c(OCCCCBr)ccc2c1. The van der Waals surface area contributed by atoms with Crippen molar-refractivity contribution in [3.63, 3.8) is 0 Å². The van der Waals surface area contributed by atoms with Gasteiger partial charge in [-0.1, -0.05) is 35.3 Å². The van der Waals surface area contributed by atoms with Gasteiger partial charge in [0.15, 0.2) is 11.5 Å². The summed E-state index contributed by atoms with van der Waals surface area (Å²) >= 11 is 3.43. The molecule has 0 heterocycles. The molecule has 2 rings (SSSR count). The molecule has 0 radical (unpaired) electrons. The molecule has 0 saturated carbocycles. The van der Waals surface area contributed by atoms with E-state index in [2.05, 4.69) is 35.0 Å². The van der Waals surface area contributed by atoms with E-state index in [0.29, 0.717) is 6.61 Å². The number of alkyl halides is 1. The first-order valence-corrected chi connectivity index (χ1v) is 9.34. The Morgan fingerprint density at radius 3 is 2.52 bits per heavy atom. The van der Waals surface area contributed by atoms with Crippen molar-refractivity contribution < 1.29 is 14.2 Å². The van der Waals surface area contributed by atoms with Crippen LogP contribution in [0, 0.1) is 0 Å². The Morgan fingerprint density at radius 2 is 1.78 bits per heavy atom. The number of unbranched alkanes of at least 4 members (excludes halogenated alkanes) is 2. The molecule has 0 aliphatic carbocycles. The summed E-state index contributed by atoms with van der Waals surface area (Å²) in [4.78, 5) is 0. The van der Waals surface area contributed by atoms with Crippen molar-refractivity contribution in [1.29, 1.82) is 0 Å². The Labute approximate surface area is 147 Å². The molecule has 0 unspecified atom stereocenters. The normalized spacial score (nSPS) is 10.7. The van der Waals surface area contributed by atoms with Crippen LogP contribution in [-0.4, -0.2) is 25.7 Å². The van der Waals surface area contributed by atoms with Crippen molar-refractivity contribution in [2.45, 2.75) is 32.6 Å². The van der Waals surface area contributed by atoms with Crippen molar-refractivity contribution in [2.75, 3.05) is 25.7 Å². The van der Waals surface area contributed by atoms with E-state index in [9.17, 15) is 0 Å². The molecule has 2 aromatic carbocycles. The third-order valence-electron chi connectivity index (χ3n) is 3.66. The summed E-state index contributed by atoms with van der Waals surface area (Å²) in [6.07, 6.45) is 4.34. The zero-order valence-electron chi connectivity index (χ0n) is 13.9. The fourth-order valence-electron chi connectivity index (χ4n) is 2.39. The average Bonchev–Trinajstić information content (AvgIpc) is 2.58. The number of benzene rings is 2. The van der Waals surface area contributed by atoms with Crippen molar-refractivity contribution in [1.82, 2.24) is 0 Å².